The number of fused-ring (bicyclic) bond motifs is 1. The van der Waals surface area contributed by atoms with Gasteiger partial charge in [0.2, 0.25) is 0 Å². The number of para-hydroxylation sites is 2. The van der Waals surface area contributed by atoms with Gasteiger partial charge in [-0.2, -0.15) is 5.10 Å². The molecule has 0 aliphatic heterocycles. The second kappa shape index (κ2) is 8.10. The number of benzene rings is 2. The molecule has 2 aromatic heterocycles. The zero-order chi connectivity index (χ0) is 20.4. The monoisotopic (exact) mass is 410 g/mol. The molecule has 4 rings (SSSR count). The number of hydrogen-bond acceptors (Lipinski definition) is 5. The zero-order valence-electron chi connectivity index (χ0n) is 16.0. The van der Waals surface area contributed by atoms with Crippen LogP contribution in [-0.2, 0) is 4.74 Å². The summed E-state index contributed by atoms with van der Waals surface area (Å²) in [5.41, 5.74) is 2.08. The summed E-state index contributed by atoms with van der Waals surface area (Å²) in [5, 5.41) is 4.84. The summed E-state index contributed by atoms with van der Waals surface area (Å²) in [6, 6.07) is 14.1. The Morgan fingerprint density at radius 1 is 1.21 bits per heavy atom. The first-order valence-corrected chi connectivity index (χ1v) is 9.87. The number of carbonyl (C=O) groups excluding carboxylic acids is 1. The summed E-state index contributed by atoms with van der Waals surface area (Å²) in [6.45, 7) is 2.46. The molecule has 4 aromatic rings. The molecule has 29 heavy (non-hydrogen) atoms. The lowest BCUT2D eigenvalue weighted by molar-refractivity contribution is 0.0975. The lowest BCUT2D eigenvalue weighted by Gasteiger charge is -2.19. The van der Waals surface area contributed by atoms with Crippen LogP contribution in [0.3, 0.4) is 0 Å². The van der Waals surface area contributed by atoms with Crippen LogP contribution in [0, 0.1) is 12.7 Å². The highest BCUT2D eigenvalue weighted by Gasteiger charge is 2.25. The van der Waals surface area contributed by atoms with Gasteiger partial charge in [-0.3, -0.25) is 9.69 Å². The van der Waals surface area contributed by atoms with E-state index in [9.17, 15) is 9.18 Å². The molecule has 0 atom stereocenters. The van der Waals surface area contributed by atoms with Gasteiger partial charge in [-0.1, -0.05) is 35.6 Å². The van der Waals surface area contributed by atoms with Crippen LogP contribution in [0.2, 0.25) is 0 Å². The van der Waals surface area contributed by atoms with E-state index in [1.54, 1.807) is 37.1 Å². The van der Waals surface area contributed by atoms with Crippen molar-refractivity contribution in [2.75, 3.05) is 25.2 Å². The van der Waals surface area contributed by atoms with Crippen LogP contribution in [0.5, 0.6) is 0 Å². The Morgan fingerprint density at radius 2 is 1.97 bits per heavy atom. The Bertz CT molecular complexity index is 1140. The van der Waals surface area contributed by atoms with Crippen molar-refractivity contribution in [1.29, 1.82) is 0 Å². The molecule has 0 N–H and O–H groups in total. The normalized spacial score (nSPS) is 11.1. The fourth-order valence-electron chi connectivity index (χ4n) is 3.07. The van der Waals surface area contributed by atoms with Crippen LogP contribution in [0.4, 0.5) is 9.52 Å². The highest BCUT2D eigenvalue weighted by Crippen LogP contribution is 2.30. The fourth-order valence-corrected chi connectivity index (χ4v) is 4.06. The number of nitrogens with zero attached hydrogens (tertiary/aromatic N) is 4. The first kappa shape index (κ1) is 19.2. The predicted molar refractivity (Wildman–Crippen MR) is 111 cm³/mol. The van der Waals surface area contributed by atoms with E-state index in [-0.39, 0.29) is 5.91 Å². The molecule has 0 bridgehead atoms. The minimum atomic E-state index is -0.403. The van der Waals surface area contributed by atoms with E-state index >= 15 is 0 Å². The van der Waals surface area contributed by atoms with E-state index < -0.39 is 5.82 Å². The van der Waals surface area contributed by atoms with Crippen molar-refractivity contribution in [2.24, 2.45) is 0 Å². The number of methoxy groups -OCH3 is 1. The number of carbonyl (C=O) groups is 1. The number of amides is 1. The second-order valence-corrected chi connectivity index (χ2v) is 7.43. The number of thiazole rings is 1. The van der Waals surface area contributed by atoms with Gasteiger partial charge in [-0.05, 0) is 31.2 Å². The molecule has 0 saturated heterocycles. The van der Waals surface area contributed by atoms with Crippen molar-refractivity contribution in [3.63, 3.8) is 0 Å². The third-order valence-corrected chi connectivity index (χ3v) is 5.66. The van der Waals surface area contributed by atoms with E-state index in [0.717, 1.165) is 10.2 Å². The topological polar surface area (TPSA) is 60.2 Å². The van der Waals surface area contributed by atoms with Gasteiger partial charge in [0.25, 0.3) is 5.91 Å². The van der Waals surface area contributed by atoms with Crippen molar-refractivity contribution < 1.29 is 13.9 Å². The van der Waals surface area contributed by atoms with Crippen LogP contribution in [0.25, 0.3) is 15.9 Å². The molecule has 2 aromatic carbocycles. The molecular weight excluding hydrogens is 391 g/mol. The summed E-state index contributed by atoms with van der Waals surface area (Å²) in [7, 11) is 1.59. The molecule has 0 saturated carbocycles. The molecule has 6 nitrogen and oxygen atoms in total. The maximum atomic E-state index is 14.2. The SMILES string of the molecule is COCCN(C(=O)c1cnn(-c2ccccc2F)c1C)c1nc2ccccc2s1. The van der Waals surface area contributed by atoms with Gasteiger partial charge in [0, 0.05) is 7.11 Å². The molecule has 0 aliphatic rings. The molecule has 0 spiro atoms. The van der Waals surface area contributed by atoms with Crippen LogP contribution < -0.4 is 4.90 Å². The van der Waals surface area contributed by atoms with Crippen LogP contribution in [0.15, 0.2) is 54.7 Å². The second-order valence-electron chi connectivity index (χ2n) is 6.42. The number of ether oxygens (including phenoxy) is 1. The average Bonchev–Trinajstić information content (AvgIpc) is 3.32. The minimum absolute atomic E-state index is 0.249. The Morgan fingerprint density at radius 3 is 2.72 bits per heavy atom. The smallest absolute Gasteiger partial charge is 0.263 e. The largest absolute Gasteiger partial charge is 0.383 e. The summed E-state index contributed by atoms with van der Waals surface area (Å²) in [4.78, 5) is 19.6. The molecule has 2 heterocycles. The summed E-state index contributed by atoms with van der Waals surface area (Å²) >= 11 is 1.44. The number of halogens is 1. The highest BCUT2D eigenvalue weighted by atomic mass is 32.1. The lowest BCUT2D eigenvalue weighted by atomic mass is 10.2. The Labute approximate surface area is 171 Å². The van der Waals surface area contributed by atoms with Crippen molar-refractivity contribution in [3.05, 3.63) is 71.8 Å². The Balaban J connectivity index is 1.72. The number of anilines is 1. The van der Waals surface area contributed by atoms with Crippen molar-refractivity contribution in [2.45, 2.75) is 6.92 Å². The molecule has 0 radical (unpaired) electrons. The van der Waals surface area contributed by atoms with Crippen molar-refractivity contribution >= 4 is 32.6 Å². The molecule has 1 amide bonds. The van der Waals surface area contributed by atoms with E-state index in [0.29, 0.717) is 35.2 Å². The maximum absolute atomic E-state index is 14.2. The number of aromatic nitrogens is 3. The zero-order valence-corrected chi connectivity index (χ0v) is 16.8. The summed E-state index contributed by atoms with van der Waals surface area (Å²) < 4.78 is 21.8. The number of hydrogen-bond donors (Lipinski definition) is 0. The van der Waals surface area contributed by atoms with Crippen molar-refractivity contribution in [1.82, 2.24) is 14.8 Å². The van der Waals surface area contributed by atoms with E-state index in [4.69, 9.17) is 4.74 Å². The Hall–Kier alpha value is -3.10. The molecular formula is C21H19FN4O2S. The average molecular weight is 410 g/mol. The van der Waals surface area contributed by atoms with Gasteiger partial charge in [0.1, 0.15) is 11.5 Å². The van der Waals surface area contributed by atoms with Crippen LogP contribution in [-0.4, -0.2) is 40.9 Å². The first-order valence-electron chi connectivity index (χ1n) is 9.06. The quantitative estimate of drug-likeness (QED) is 0.477. The summed E-state index contributed by atoms with van der Waals surface area (Å²) in [5.74, 6) is -0.652. The van der Waals surface area contributed by atoms with E-state index in [2.05, 4.69) is 10.1 Å². The molecule has 0 aliphatic carbocycles. The fraction of sp³-hybridized carbons (Fsp3) is 0.190. The standard InChI is InChI=1S/C21H19FN4O2S/c1-14-15(13-23-26(14)18-9-5-3-7-16(18)22)20(27)25(11-12-28-2)21-24-17-8-4-6-10-19(17)29-21/h3-10,13H,11-12H2,1-2H3. The van der Waals surface area contributed by atoms with E-state index in [1.165, 1.54) is 28.3 Å². The van der Waals surface area contributed by atoms with Gasteiger partial charge in [-0.25, -0.2) is 14.1 Å². The molecule has 148 valence electrons. The van der Waals surface area contributed by atoms with E-state index in [1.807, 2.05) is 24.3 Å². The van der Waals surface area contributed by atoms with Gasteiger partial charge < -0.3 is 4.74 Å². The first-order chi connectivity index (χ1) is 14.1. The minimum Gasteiger partial charge on any atom is -0.383 e. The van der Waals surface area contributed by atoms with Gasteiger partial charge in [0.15, 0.2) is 5.13 Å². The summed E-state index contributed by atoms with van der Waals surface area (Å²) in [6.07, 6.45) is 1.47. The van der Waals surface area contributed by atoms with Gasteiger partial charge in [-0.15, -0.1) is 0 Å². The molecule has 0 unspecified atom stereocenters. The van der Waals surface area contributed by atoms with Gasteiger partial charge in [0.05, 0.1) is 40.8 Å². The third-order valence-electron chi connectivity index (χ3n) is 4.60. The molecule has 8 heteroatoms. The van der Waals surface area contributed by atoms with Crippen molar-refractivity contribution in [3.8, 4) is 5.69 Å². The van der Waals surface area contributed by atoms with Crippen LogP contribution in [0.1, 0.15) is 16.1 Å². The maximum Gasteiger partial charge on any atom is 0.263 e. The Kier molecular flexibility index (Phi) is 5.37. The number of rotatable bonds is 6. The van der Waals surface area contributed by atoms with Crippen LogP contribution >= 0.6 is 11.3 Å². The lowest BCUT2D eigenvalue weighted by Crippen LogP contribution is -2.34. The molecule has 0 fully saturated rings. The predicted octanol–water partition coefficient (Wildman–Crippen LogP) is 4.22. The van der Waals surface area contributed by atoms with Gasteiger partial charge >= 0.3 is 0 Å². The highest BCUT2D eigenvalue weighted by molar-refractivity contribution is 7.22. The third kappa shape index (κ3) is 3.64.